The molecule has 1 amide bonds. The van der Waals surface area contributed by atoms with Crippen molar-refractivity contribution in [2.45, 2.75) is 56.1 Å². The van der Waals surface area contributed by atoms with E-state index in [0.29, 0.717) is 19.3 Å². The number of carbonyl (C=O) groups is 1. The number of sulfonamides is 1. The van der Waals surface area contributed by atoms with E-state index in [2.05, 4.69) is 29.6 Å². The van der Waals surface area contributed by atoms with E-state index in [9.17, 15) is 13.2 Å². The highest BCUT2D eigenvalue weighted by atomic mass is 32.2. The number of hydrogen-bond donors (Lipinski definition) is 1. The molecule has 2 saturated heterocycles. The fraction of sp³-hybridized carbons (Fsp3) is 0.435. The predicted molar refractivity (Wildman–Crippen MR) is 114 cm³/mol. The van der Waals surface area contributed by atoms with Crippen LogP contribution in [0.3, 0.4) is 0 Å². The Morgan fingerprint density at radius 2 is 1.45 bits per heavy atom. The number of amides is 1. The van der Waals surface area contributed by atoms with E-state index in [1.807, 2.05) is 36.4 Å². The van der Waals surface area contributed by atoms with E-state index < -0.39 is 10.0 Å². The summed E-state index contributed by atoms with van der Waals surface area (Å²) in [6.07, 6.45) is 4.87. The van der Waals surface area contributed by atoms with Gasteiger partial charge in [0.2, 0.25) is 15.9 Å². The summed E-state index contributed by atoms with van der Waals surface area (Å²) in [5, 5.41) is 3.20. The molecule has 0 aliphatic carbocycles. The van der Waals surface area contributed by atoms with Crippen LogP contribution in [0, 0.1) is 0 Å². The molecule has 2 fully saturated rings. The Balaban J connectivity index is 1.45. The molecule has 4 rings (SSSR count). The molecule has 2 aliphatic rings. The molecule has 2 unspecified atom stereocenters. The molecule has 0 aromatic heterocycles. The molecular weight excluding hydrogens is 384 g/mol. The van der Waals surface area contributed by atoms with Crippen LogP contribution >= 0.6 is 0 Å². The Morgan fingerprint density at radius 3 is 1.90 bits per heavy atom. The average Bonchev–Trinajstić information content (AvgIpc) is 3.00. The van der Waals surface area contributed by atoms with Crippen LogP contribution in [-0.4, -0.2) is 43.0 Å². The molecule has 0 spiro atoms. The van der Waals surface area contributed by atoms with Gasteiger partial charge in [0.05, 0.1) is 6.26 Å². The van der Waals surface area contributed by atoms with Crippen LogP contribution in [0.15, 0.2) is 60.7 Å². The summed E-state index contributed by atoms with van der Waals surface area (Å²) in [5.74, 6) is 0.0325. The predicted octanol–water partition coefficient (Wildman–Crippen LogP) is 3.28. The third-order valence-corrected chi connectivity index (χ3v) is 7.57. The zero-order valence-electron chi connectivity index (χ0n) is 16.7. The molecular formula is C23H28N2O3S. The minimum atomic E-state index is -3.18. The minimum absolute atomic E-state index is 0.00484. The van der Waals surface area contributed by atoms with Crippen molar-refractivity contribution in [1.29, 1.82) is 0 Å². The number of piperidine rings is 1. The van der Waals surface area contributed by atoms with Gasteiger partial charge in [0, 0.05) is 30.5 Å². The summed E-state index contributed by atoms with van der Waals surface area (Å²) in [7, 11) is -3.18. The van der Waals surface area contributed by atoms with Gasteiger partial charge in [0.15, 0.2) is 0 Å². The molecule has 2 bridgehead atoms. The first-order chi connectivity index (χ1) is 13.9. The van der Waals surface area contributed by atoms with E-state index in [1.54, 1.807) is 4.31 Å². The van der Waals surface area contributed by atoms with E-state index in [1.165, 1.54) is 6.26 Å². The Bertz CT molecular complexity index is 893. The van der Waals surface area contributed by atoms with Crippen molar-refractivity contribution in [3.63, 3.8) is 0 Å². The summed E-state index contributed by atoms with van der Waals surface area (Å²) in [4.78, 5) is 12.9. The van der Waals surface area contributed by atoms with Gasteiger partial charge in [0.25, 0.3) is 0 Å². The lowest BCUT2D eigenvalue weighted by Gasteiger charge is -2.37. The van der Waals surface area contributed by atoms with Gasteiger partial charge < -0.3 is 5.32 Å². The van der Waals surface area contributed by atoms with E-state index in [-0.39, 0.29) is 30.0 Å². The van der Waals surface area contributed by atoms with Gasteiger partial charge in [-0.3, -0.25) is 4.79 Å². The number of fused-ring (bicyclic) bond motifs is 2. The van der Waals surface area contributed by atoms with Crippen molar-refractivity contribution in [1.82, 2.24) is 9.62 Å². The minimum Gasteiger partial charge on any atom is -0.353 e. The van der Waals surface area contributed by atoms with E-state index >= 15 is 0 Å². The second-order valence-electron chi connectivity index (χ2n) is 8.29. The highest BCUT2D eigenvalue weighted by molar-refractivity contribution is 7.88. The smallest absolute Gasteiger partial charge is 0.221 e. The molecule has 2 aromatic carbocycles. The van der Waals surface area contributed by atoms with Gasteiger partial charge in [-0.05, 0) is 36.8 Å². The van der Waals surface area contributed by atoms with Crippen LogP contribution in [-0.2, 0) is 14.8 Å². The number of benzene rings is 2. The summed E-state index contributed by atoms with van der Waals surface area (Å²) >= 11 is 0. The molecule has 2 aliphatic heterocycles. The molecule has 6 heteroatoms. The quantitative estimate of drug-likeness (QED) is 0.792. The van der Waals surface area contributed by atoms with Crippen LogP contribution in [0.2, 0.25) is 0 Å². The van der Waals surface area contributed by atoms with Gasteiger partial charge in [-0.15, -0.1) is 0 Å². The molecule has 0 radical (unpaired) electrons. The van der Waals surface area contributed by atoms with Crippen LogP contribution in [0.5, 0.6) is 0 Å². The summed E-state index contributed by atoms with van der Waals surface area (Å²) in [6.45, 7) is 0. The van der Waals surface area contributed by atoms with E-state index in [0.717, 1.165) is 24.0 Å². The monoisotopic (exact) mass is 412 g/mol. The van der Waals surface area contributed by atoms with Crippen molar-refractivity contribution in [2.75, 3.05) is 6.26 Å². The lowest BCUT2D eigenvalue weighted by molar-refractivity contribution is -0.122. The van der Waals surface area contributed by atoms with Crippen molar-refractivity contribution < 1.29 is 13.2 Å². The van der Waals surface area contributed by atoms with Gasteiger partial charge in [-0.2, -0.15) is 4.31 Å². The van der Waals surface area contributed by atoms with Crippen LogP contribution < -0.4 is 5.32 Å². The third kappa shape index (κ3) is 4.54. The molecule has 5 nitrogen and oxygen atoms in total. The first-order valence-corrected chi connectivity index (χ1v) is 12.1. The van der Waals surface area contributed by atoms with Crippen LogP contribution in [0.4, 0.5) is 0 Å². The number of hydrogen-bond acceptors (Lipinski definition) is 3. The fourth-order valence-electron chi connectivity index (χ4n) is 5.06. The Kier molecular flexibility index (Phi) is 5.74. The average molecular weight is 413 g/mol. The van der Waals surface area contributed by atoms with Gasteiger partial charge in [0.1, 0.15) is 0 Å². The fourth-order valence-corrected chi connectivity index (χ4v) is 6.53. The van der Waals surface area contributed by atoms with Crippen molar-refractivity contribution >= 4 is 15.9 Å². The highest BCUT2D eigenvalue weighted by Crippen LogP contribution is 2.37. The SMILES string of the molecule is CS(=O)(=O)N1C2CCC1CC(NC(=O)CC(c1ccccc1)c1ccccc1)C2. The van der Waals surface area contributed by atoms with Gasteiger partial charge in [-0.1, -0.05) is 60.7 Å². The first-order valence-electron chi connectivity index (χ1n) is 10.3. The number of nitrogens with one attached hydrogen (secondary N) is 1. The largest absolute Gasteiger partial charge is 0.353 e. The zero-order chi connectivity index (χ0) is 20.4. The first kappa shape index (κ1) is 20.1. The normalized spacial score (nSPS) is 24.6. The second-order valence-corrected chi connectivity index (χ2v) is 10.2. The molecule has 0 saturated carbocycles. The molecule has 2 aromatic rings. The molecule has 154 valence electrons. The van der Waals surface area contributed by atoms with Gasteiger partial charge in [-0.25, -0.2) is 8.42 Å². The Hall–Kier alpha value is -2.18. The van der Waals surface area contributed by atoms with Crippen molar-refractivity contribution in [3.05, 3.63) is 71.8 Å². The summed E-state index contributed by atoms with van der Waals surface area (Å²) < 4.78 is 25.8. The summed E-state index contributed by atoms with van der Waals surface area (Å²) in [5.41, 5.74) is 2.25. The number of rotatable bonds is 6. The third-order valence-electron chi connectivity index (χ3n) is 6.21. The molecule has 1 N–H and O–H groups in total. The maximum absolute atomic E-state index is 12.9. The molecule has 2 heterocycles. The van der Waals surface area contributed by atoms with Crippen LogP contribution in [0.1, 0.15) is 49.1 Å². The Labute approximate surface area is 173 Å². The maximum atomic E-state index is 12.9. The lowest BCUT2D eigenvalue weighted by atomic mass is 9.88. The standard InChI is InChI=1S/C23H28N2O3S/c1-29(27,28)25-20-12-13-21(25)15-19(14-20)24-23(26)16-22(17-8-4-2-5-9-17)18-10-6-3-7-11-18/h2-11,19-22H,12-16H2,1H3,(H,24,26). The number of carbonyl (C=O) groups excluding carboxylic acids is 1. The van der Waals surface area contributed by atoms with E-state index in [4.69, 9.17) is 0 Å². The molecule has 2 atom stereocenters. The van der Waals surface area contributed by atoms with Crippen molar-refractivity contribution in [3.8, 4) is 0 Å². The highest BCUT2D eigenvalue weighted by Gasteiger charge is 2.45. The topological polar surface area (TPSA) is 66.5 Å². The maximum Gasteiger partial charge on any atom is 0.221 e. The molecule has 29 heavy (non-hydrogen) atoms. The summed E-state index contributed by atoms with van der Waals surface area (Å²) in [6, 6.07) is 20.3. The number of nitrogens with zero attached hydrogens (tertiary/aromatic N) is 1. The van der Waals surface area contributed by atoms with Crippen LogP contribution in [0.25, 0.3) is 0 Å². The van der Waals surface area contributed by atoms with Crippen molar-refractivity contribution in [2.24, 2.45) is 0 Å². The second kappa shape index (κ2) is 8.28. The zero-order valence-corrected chi connectivity index (χ0v) is 17.5. The van der Waals surface area contributed by atoms with Gasteiger partial charge >= 0.3 is 0 Å². The lowest BCUT2D eigenvalue weighted by Crippen LogP contribution is -2.52. The Morgan fingerprint density at radius 1 is 0.966 bits per heavy atom.